The lowest BCUT2D eigenvalue weighted by atomic mass is 9.99. The Balaban J connectivity index is 0.000000483. The summed E-state index contributed by atoms with van der Waals surface area (Å²) in [6.07, 6.45) is 4.36. The second-order valence-corrected chi connectivity index (χ2v) is 9.66. The molecule has 0 atom stereocenters. The highest BCUT2D eigenvalue weighted by Gasteiger charge is 2.07. The van der Waals surface area contributed by atoms with Crippen molar-refractivity contribution in [1.29, 1.82) is 0 Å². The minimum atomic E-state index is -0.0127. The first-order valence-corrected chi connectivity index (χ1v) is 13.8. The molecule has 0 bridgehead atoms. The summed E-state index contributed by atoms with van der Waals surface area (Å²) >= 11 is 5.45. The molecule has 230 valence electrons. The summed E-state index contributed by atoms with van der Waals surface area (Å²) in [6.45, 7) is 5.87. The summed E-state index contributed by atoms with van der Waals surface area (Å²) < 4.78 is 5.95. The fourth-order valence-corrected chi connectivity index (χ4v) is 3.54. The number of hydrogen-bond donors (Lipinski definition) is 7. The van der Waals surface area contributed by atoms with Crippen LogP contribution in [-0.4, -0.2) is 61.0 Å². The van der Waals surface area contributed by atoms with Crippen LogP contribution in [0.25, 0.3) is 10.8 Å². The SMILES string of the molecule is CC(C)N.CN=C(N)NCCCCc1ccc(OCCCN=C(N)N)c2ccccc12.Nc1nc(N)c(C=O)nc1Cl. The second-order valence-electron chi connectivity index (χ2n) is 9.30. The van der Waals surface area contributed by atoms with Gasteiger partial charge < -0.3 is 44.5 Å². The second kappa shape index (κ2) is 19.7. The zero-order chi connectivity index (χ0) is 31.5. The number of nitrogens with zero attached hydrogens (tertiary/aromatic N) is 4. The smallest absolute Gasteiger partial charge is 0.188 e. The highest BCUT2D eigenvalue weighted by atomic mass is 35.5. The van der Waals surface area contributed by atoms with Gasteiger partial charge in [-0.25, -0.2) is 9.97 Å². The fraction of sp³-hybridized carbons (Fsp3) is 0.393. The van der Waals surface area contributed by atoms with Crippen LogP contribution in [0.1, 0.15) is 49.2 Å². The van der Waals surface area contributed by atoms with Crippen LogP contribution in [-0.2, 0) is 6.42 Å². The van der Waals surface area contributed by atoms with Crippen molar-refractivity contribution in [2.45, 2.75) is 45.6 Å². The normalized spacial score (nSPS) is 10.7. The van der Waals surface area contributed by atoms with Gasteiger partial charge in [-0.05, 0) is 42.3 Å². The lowest BCUT2D eigenvalue weighted by Gasteiger charge is -2.13. The molecule has 13 nitrogen and oxygen atoms in total. The van der Waals surface area contributed by atoms with Crippen molar-refractivity contribution in [1.82, 2.24) is 15.3 Å². The van der Waals surface area contributed by atoms with Crippen molar-refractivity contribution in [3.8, 4) is 5.75 Å². The van der Waals surface area contributed by atoms with Gasteiger partial charge in [0.25, 0.3) is 0 Å². The summed E-state index contributed by atoms with van der Waals surface area (Å²) in [5.41, 5.74) is 33.2. The molecule has 0 aliphatic rings. The molecule has 1 heterocycles. The Morgan fingerprint density at radius 2 is 1.69 bits per heavy atom. The van der Waals surface area contributed by atoms with Gasteiger partial charge in [0.1, 0.15) is 11.4 Å². The monoisotopic (exact) mass is 601 g/mol. The Labute approximate surface area is 252 Å². The van der Waals surface area contributed by atoms with Crippen LogP contribution in [0.5, 0.6) is 5.75 Å². The predicted octanol–water partition coefficient (Wildman–Crippen LogP) is 2.20. The molecule has 14 heteroatoms. The average Bonchev–Trinajstić information content (AvgIpc) is 2.95. The van der Waals surface area contributed by atoms with Gasteiger partial charge in [0.2, 0.25) is 0 Å². The number of hydrogen-bond acceptors (Lipinski definition) is 9. The van der Waals surface area contributed by atoms with Crippen LogP contribution < -0.4 is 44.5 Å². The number of guanidine groups is 2. The number of carbonyl (C=O) groups excluding carboxylic acids is 1. The molecule has 0 spiro atoms. The maximum atomic E-state index is 10.2. The molecule has 0 fully saturated rings. The number of aryl methyl sites for hydroxylation is 1. The van der Waals surface area contributed by atoms with Gasteiger partial charge in [0.15, 0.2) is 35.0 Å². The third kappa shape index (κ3) is 13.8. The number of nitrogen functional groups attached to an aromatic ring is 2. The third-order valence-electron chi connectivity index (χ3n) is 5.29. The number of fused-ring (bicyclic) bond motifs is 1. The number of ether oxygens (including phenoxy) is 1. The van der Waals surface area contributed by atoms with Crippen LogP contribution in [0.3, 0.4) is 0 Å². The number of halogens is 1. The number of nitrogens with two attached hydrogens (primary N) is 6. The van der Waals surface area contributed by atoms with Crippen LogP contribution >= 0.6 is 11.6 Å². The summed E-state index contributed by atoms with van der Waals surface area (Å²) in [4.78, 5) is 25.2. The molecule has 42 heavy (non-hydrogen) atoms. The number of unbranched alkanes of at least 4 members (excludes halogenated alkanes) is 1. The van der Waals surface area contributed by atoms with E-state index in [9.17, 15) is 4.79 Å². The Hall–Kier alpha value is -4.36. The Morgan fingerprint density at radius 1 is 1.02 bits per heavy atom. The van der Waals surface area contributed by atoms with Gasteiger partial charge in [-0.2, -0.15) is 0 Å². The standard InChI is InChI=1S/C20H30N6O.C5H5ClN4O.C3H9N/c1-24-20(23)26-12-5-4-7-15-10-11-18(17-9-3-2-8-16(15)17)27-14-6-13-25-19(21)22;6-3-5(8)10-4(7)2(1-11)9-3;1-3(2)4/h2-3,8-11H,4-7,12-14H2,1H3,(H4,21,22,25)(H3,23,24,26);1H,(H4,7,8,10);3H,4H2,1-2H3. The minimum absolute atomic E-state index is 0.00389. The fourth-order valence-electron chi connectivity index (χ4n) is 3.41. The van der Waals surface area contributed by atoms with Gasteiger partial charge in [-0.15, -0.1) is 0 Å². The van der Waals surface area contributed by atoms with Crippen molar-refractivity contribution in [3.05, 3.63) is 52.8 Å². The van der Waals surface area contributed by atoms with E-state index < -0.39 is 0 Å². The number of carbonyl (C=O) groups is 1. The quantitative estimate of drug-likeness (QED) is 0.0726. The van der Waals surface area contributed by atoms with Gasteiger partial charge >= 0.3 is 0 Å². The average molecular weight is 602 g/mol. The summed E-state index contributed by atoms with van der Waals surface area (Å²) in [5, 5.41) is 5.45. The van der Waals surface area contributed by atoms with E-state index >= 15 is 0 Å². The molecule has 0 aliphatic heterocycles. The summed E-state index contributed by atoms with van der Waals surface area (Å²) in [6, 6.07) is 12.9. The first-order valence-electron chi connectivity index (χ1n) is 13.4. The largest absolute Gasteiger partial charge is 0.493 e. The number of rotatable bonds is 11. The van der Waals surface area contributed by atoms with Crippen molar-refractivity contribution in [3.63, 3.8) is 0 Å². The zero-order valence-corrected chi connectivity index (χ0v) is 25.3. The summed E-state index contributed by atoms with van der Waals surface area (Å²) in [7, 11) is 1.68. The van der Waals surface area contributed by atoms with Gasteiger partial charge in [0.05, 0.1) is 6.61 Å². The zero-order valence-electron chi connectivity index (χ0n) is 24.5. The molecule has 2 aromatic carbocycles. The van der Waals surface area contributed by atoms with E-state index in [1.165, 1.54) is 10.9 Å². The molecular formula is C28H44ClN11O2. The number of anilines is 2. The van der Waals surface area contributed by atoms with Crippen molar-refractivity contribution in [2.24, 2.45) is 32.9 Å². The molecule has 1 aromatic heterocycles. The maximum Gasteiger partial charge on any atom is 0.188 e. The lowest BCUT2D eigenvalue weighted by molar-refractivity contribution is 0.111. The highest BCUT2D eigenvalue weighted by molar-refractivity contribution is 6.31. The molecule has 0 saturated carbocycles. The van der Waals surface area contributed by atoms with E-state index in [0.717, 1.165) is 43.4 Å². The van der Waals surface area contributed by atoms with Gasteiger partial charge in [-0.3, -0.25) is 14.8 Å². The van der Waals surface area contributed by atoms with E-state index in [1.807, 2.05) is 19.9 Å². The highest BCUT2D eigenvalue weighted by Crippen LogP contribution is 2.29. The van der Waals surface area contributed by atoms with Crippen LogP contribution in [0.2, 0.25) is 5.15 Å². The molecule has 0 aliphatic carbocycles. The number of aldehydes is 1. The van der Waals surface area contributed by atoms with Crippen molar-refractivity contribution in [2.75, 3.05) is 38.2 Å². The molecule has 3 rings (SSSR count). The van der Waals surface area contributed by atoms with E-state index in [4.69, 9.17) is 50.7 Å². The van der Waals surface area contributed by atoms with Crippen LogP contribution in [0, 0.1) is 0 Å². The molecule has 3 aromatic rings. The first kappa shape index (κ1) is 35.7. The molecule has 13 N–H and O–H groups in total. The minimum Gasteiger partial charge on any atom is -0.493 e. The van der Waals surface area contributed by atoms with E-state index in [1.54, 1.807) is 7.05 Å². The topological polar surface area (TPSA) is 245 Å². The first-order chi connectivity index (χ1) is 20.0. The van der Waals surface area contributed by atoms with E-state index in [-0.39, 0.29) is 28.4 Å². The van der Waals surface area contributed by atoms with Gasteiger partial charge in [-0.1, -0.05) is 55.8 Å². The third-order valence-corrected chi connectivity index (χ3v) is 5.57. The van der Waals surface area contributed by atoms with E-state index in [0.29, 0.717) is 31.4 Å². The van der Waals surface area contributed by atoms with Crippen molar-refractivity contribution < 1.29 is 9.53 Å². The maximum absolute atomic E-state index is 10.2. The number of benzene rings is 2. The summed E-state index contributed by atoms with van der Waals surface area (Å²) in [5.74, 6) is 1.51. The number of aliphatic imine (C=N–C) groups is 2. The molecule has 0 amide bonds. The van der Waals surface area contributed by atoms with Crippen molar-refractivity contribution >= 4 is 52.2 Å². The van der Waals surface area contributed by atoms with Crippen LogP contribution in [0.4, 0.5) is 11.6 Å². The number of nitrogens with one attached hydrogen (secondary N) is 1. The van der Waals surface area contributed by atoms with Gasteiger partial charge in [0, 0.05) is 31.9 Å². The molecule has 0 radical (unpaired) electrons. The predicted molar refractivity (Wildman–Crippen MR) is 174 cm³/mol. The Bertz CT molecular complexity index is 1310. The number of aromatic nitrogens is 2. The lowest BCUT2D eigenvalue weighted by Crippen LogP contribution is -2.32. The molecule has 0 unspecified atom stereocenters. The Morgan fingerprint density at radius 3 is 2.31 bits per heavy atom. The molecule has 0 saturated heterocycles. The molecular weight excluding hydrogens is 558 g/mol. The van der Waals surface area contributed by atoms with E-state index in [2.05, 4.69) is 55.6 Å². The Kier molecular flexibility index (Phi) is 16.7. The van der Waals surface area contributed by atoms with Crippen LogP contribution in [0.15, 0.2) is 46.4 Å².